The minimum absolute atomic E-state index is 0.0113. The number of hydrogen-bond acceptors (Lipinski definition) is 3. The van der Waals surface area contributed by atoms with Gasteiger partial charge in [-0.05, 0) is 42.5 Å². The van der Waals surface area contributed by atoms with Crippen molar-refractivity contribution < 1.29 is 9.47 Å². The van der Waals surface area contributed by atoms with Crippen molar-refractivity contribution in [3.8, 4) is 11.5 Å². The van der Waals surface area contributed by atoms with E-state index in [0.29, 0.717) is 6.61 Å². The zero-order chi connectivity index (χ0) is 14.7. The van der Waals surface area contributed by atoms with Crippen LogP contribution in [0, 0.1) is 0 Å². The van der Waals surface area contributed by atoms with Crippen LogP contribution in [0.3, 0.4) is 0 Å². The summed E-state index contributed by atoms with van der Waals surface area (Å²) in [6.45, 7) is 0.539. The molecule has 110 valence electrons. The Morgan fingerprint density at radius 2 is 1.76 bits per heavy atom. The van der Waals surface area contributed by atoms with Crippen molar-refractivity contribution in [1.29, 1.82) is 0 Å². The van der Waals surface area contributed by atoms with Crippen LogP contribution in [0.1, 0.15) is 24.0 Å². The summed E-state index contributed by atoms with van der Waals surface area (Å²) < 4.78 is 11.3. The summed E-state index contributed by atoms with van der Waals surface area (Å²) >= 11 is 0. The van der Waals surface area contributed by atoms with Gasteiger partial charge in [0.25, 0.3) is 0 Å². The normalized spacial score (nSPS) is 15.5. The molecule has 0 aromatic heterocycles. The predicted molar refractivity (Wildman–Crippen MR) is 83.6 cm³/mol. The van der Waals surface area contributed by atoms with Crippen LogP contribution < -0.4 is 15.2 Å². The molecule has 0 radical (unpaired) electrons. The maximum Gasteiger partial charge on any atom is 0.161 e. The zero-order valence-electron chi connectivity index (χ0n) is 12.3. The first-order chi connectivity index (χ1) is 10.2. The second kappa shape index (κ2) is 5.78. The molecule has 1 aliphatic carbocycles. The van der Waals surface area contributed by atoms with E-state index in [1.54, 1.807) is 7.11 Å². The molecule has 1 aliphatic rings. The predicted octanol–water partition coefficient (Wildman–Crippen LogP) is 3.31. The summed E-state index contributed by atoms with van der Waals surface area (Å²) in [7, 11) is 1.67. The molecule has 0 unspecified atom stereocenters. The number of hydrogen-bond donors (Lipinski definition) is 1. The van der Waals surface area contributed by atoms with Crippen LogP contribution in [-0.2, 0) is 13.0 Å². The highest BCUT2D eigenvalue weighted by Gasteiger charge is 2.38. The van der Waals surface area contributed by atoms with Gasteiger partial charge >= 0.3 is 0 Å². The quantitative estimate of drug-likeness (QED) is 0.884. The Morgan fingerprint density at radius 1 is 1.00 bits per heavy atom. The summed E-state index contributed by atoms with van der Waals surface area (Å²) in [5.74, 6) is 1.54. The van der Waals surface area contributed by atoms with Crippen LogP contribution in [0.2, 0.25) is 0 Å². The molecule has 1 saturated carbocycles. The summed E-state index contributed by atoms with van der Waals surface area (Å²) in [6.07, 6.45) is 3.13. The third-order valence-corrected chi connectivity index (χ3v) is 3.91. The van der Waals surface area contributed by atoms with Crippen LogP contribution in [0.4, 0.5) is 0 Å². The Morgan fingerprint density at radius 3 is 2.43 bits per heavy atom. The van der Waals surface area contributed by atoms with Crippen LogP contribution in [0.15, 0.2) is 48.5 Å². The molecular formula is C18H21NO2. The second-order valence-electron chi connectivity index (χ2n) is 5.80. The average Bonchev–Trinajstić information content (AvgIpc) is 3.24. The average molecular weight is 283 g/mol. The lowest BCUT2D eigenvalue weighted by Gasteiger charge is -2.14. The summed E-state index contributed by atoms with van der Waals surface area (Å²) in [5, 5.41) is 0. The highest BCUT2D eigenvalue weighted by Crippen LogP contribution is 2.37. The molecule has 0 spiro atoms. The van der Waals surface area contributed by atoms with Crippen LogP contribution in [-0.4, -0.2) is 12.6 Å². The highest BCUT2D eigenvalue weighted by molar-refractivity contribution is 5.43. The number of rotatable bonds is 6. The molecule has 0 bridgehead atoms. The SMILES string of the molecule is COc1cc(CC2(N)CC2)ccc1OCc1ccccc1. The van der Waals surface area contributed by atoms with E-state index in [1.807, 2.05) is 42.5 Å². The number of benzene rings is 2. The topological polar surface area (TPSA) is 44.5 Å². The largest absolute Gasteiger partial charge is 0.493 e. The first kappa shape index (κ1) is 14.0. The second-order valence-corrected chi connectivity index (χ2v) is 5.80. The Kier molecular flexibility index (Phi) is 3.84. The Balaban J connectivity index is 1.69. The third-order valence-electron chi connectivity index (χ3n) is 3.91. The Hall–Kier alpha value is -2.00. The van der Waals surface area contributed by atoms with E-state index in [4.69, 9.17) is 15.2 Å². The minimum atomic E-state index is 0.0113. The van der Waals surface area contributed by atoms with E-state index in [2.05, 4.69) is 6.07 Å². The fourth-order valence-corrected chi connectivity index (χ4v) is 2.42. The molecule has 0 amide bonds. The fraction of sp³-hybridized carbons (Fsp3) is 0.333. The number of methoxy groups -OCH3 is 1. The van der Waals surface area contributed by atoms with Gasteiger partial charge in [0.2, 0.25) is 0 Å². The monoisotopic (exact) mass is 283 g/mol. The molecule has 2 N–H and O–H groups in total. The maximum absolute atomic E-state index is 6.17. The van der Waals surface area contributed by atoms with E-state index < -0.39 is 0 Å². The fourth-order valence-electron chi connectivity index (χ4n) is 2.42. The molecule has 21 heavy (non-hydrogen) atoms. The zero-order valence-corrected chi connectivity index (χ0v) is 12.3. The molecule has 1 fully saturated rings. The van der Waals surface area contributed by atoms with Crippen LogP contribution >= 0.6 is 0 Å². The molecule has 3 nitrogen and oxygen atoms in total. The van der Waals surface area contributed by atoms with Gasteiger partial charge in [0.05, 0.1) is 7.11 Å². The van der Waals surface area contributed by atoms with Crippen molar-refractivity contribution in [2.75, 3.05) is 7.11 Å². The van der Waals surface area contributed by atoms with Gasteiger partial charge in [0.1, 0.15) is 6.61 Å². The van der Waals surface area contributed by atoms with Crippen molar-refractivity contribution in [1.82, 2.24) is 0 Å². The molecule has 0 heterocycles. The third kappa shape index (κ3) is 3.56. The van der Waals surface area contributed by atoms with E-state index in [1.165, 1.54) is 5.56 Å². The van der Waals surface area contributed by atoms with Gasteiger partial charge in [-0.2, -0.15) is 0 Å². The van der Waals surface area contributed by atoms with Crippen LogP contribution in [0.25, 0.3) is 0 Å². The van der Waals surface area contributed by atoms with Crippen molar-refractivity contribution in [3.63, 3.8) is 0 Å². The van der Waals surface area contributed by atoms with Crippen molar-refractivity contribution in [2.24, 2.45) is 5.73 Å². The van der Waals surface area contributed by atoms with Gasteiger partial charge in [0, 0.05) is 5.54 Å². The Bertz CT molecular complexity index is 606. The van der Waals surface area contributed by atoms with Crippen LogP contribution in [0.5, 0.6) is 11.5 Å². The first-order valence-electron chi connectivity index (χ1n) is 7.31. The lowest BCUT2D eigenvalue weighted by Crippen LogP contribution is -2.24. The minimum Gasteiger partial charge on any atom is -0.493 e. The maximum atomic E-state index is 6.17. The van der Waals surface area contributed by atoms with Gasteiger partial charge < -0.3 is 15.2 Å². The lowest BCUT2D eigenvalue weighted by molar-refractivity contribution is 0.284. The summed E-state index contributed by atoms with van der Waals surface area (Å²) in [6, 6.07) is 16.2. The molecule has 0 saturated heterocycles. The van der Waals surface area contributed by atoms with Gasteiger partial charge in [0.15, 0.2) is 11.5 Å². The molecule has 3 rings (SSSR count). The number of ether oxygens (including phenoxy) is 2. The Labute approximate surface area is 125 Å². The molecule has 3 heteroatoms. The van der Waals surface area contributed by atoms with Crippen molar-refractivity contribution in [3.05, 3.63) is 59.7 Å². The van der Waals surface area contributed by atoms with Gasteiger partial charge in [-0.25, -0.2) is 0 Å². The highest BCUT2D eigenvalue weighted by atomic mass is 16.5. The van der Waals surface area contributed by atoms with E-state index >= 15 is 0 Å². The first-order valence-corrected chi connectivity index (χ1v) is 7.31. The summed E-state index contributed by atoms with van der Waals surface area (Å²) in [5.41, 5.74) is 8.53. The van der Waals surface area contributed by atoms with Gasteiger partial charge in [-0.3, -0.25) is 0 Å². The standard InChI is InChI=1S/C18H21NO2/c1-20-17-11-15(12-18(19)9-10-18)7-8-16(17)21-13-14-5-3-2-4-6-14/h2-8,11H,9-10,12-13,19H2,1H3. The lowest BCUT2D eigenvalue weighted by atomic mass is 10.0. The van der Waals surface area contributed by atoms with Gasteiger partial charge in [-0.15, -0.1) is 0 Å². The molecule has 2 aromatic rings. The van der Waals surface area contributed by atoms with Gasteiger partial charge in [-0.1, -0.05) is 36.4 Å². The molecule has 2 aromatic carbocycles. The number of nitrogens with two attached hydrogens (primary N) is 1. The van der Waals surface area contributed by atoms with E-state index in [0.717, 1.165) is 36.3 Å². The molecule has 0 aliphatic heterocycles. The van der Waals surface area contributed by atoms with E-state index in [9.17, 15) is 0 Å². The smallest absolute Gasteiger partial charge is 0.161 e. The summed E-state index contributed by atoms with van der Waals surface area (Å²) in [4.78, 5) is 0. The molecule has 0 atom stereocenters. The molecular weight excluding hydrogens is 262 g/mol. The van der Waals surface area contributed by atoms with E-state index in [-0.39, 0.29) is 5.54 Å². The van der Waals surface area contributed by atoms with Crippen molar-refractivity contribution >= 4 is 0 Å². The van der Waals surface area contributed by atoms with Crippen molar-refractivity contribution in [2.45, 2.75) is 31.4 Å².